The number of hydrogen-bond acceptors (Lipinski definition) is 6. The van der Waals surface area contributed by atoms with Crippen LogP contribution in [0.5, 0.6) is 0 Å². The van der Waals surface area contributed by atoms with Crippen molar-refractivity contribution >= 4 is 34.7 Å². The van der Waals surface area contributed by atoms with Gasteiger partial charge in [0.2, 0.25) is 0 Å². The lowest BCUT2D eigenvalue weighted by Crippen LogP contribution is -2.52. The summed E-state index contributed by atoms with van der Waals surface area (Å²) in [7, 11) is 3.57. The third-order valence-corrected chi connectivity index (χ3v) is 7.10. The molecular weight excluding hydrogens is 500 g/mol. The fraction of sp³-hybridized carbons (Fsp3) is 0.321. The molecule has 0 aliphatic carbocycles. The highest BCUT2D eigenvalue weighted by Crippen LogP contribution is 2.31. The van der Waals surface area contributed by atoms with Crippen LogP contribution in [0, 0.1) is 0 Å². The topological polar surface area (TPSA) is 123 Å². The number of nitrogens with zero attached hydrogens (tertiary/aromatic N) is 6. The summed E-state index contributed by atoms with van der Waals surface area (Å²) in [6.45, 7) is 2.61. The maximum absolute atomic E-state index is 14.1. The van der Waals surface area contributed by atoms with E-state index >= 15 is 0 Å². The standard InChI is InChI=1S/C28H30N6O5/c1-4-39-27(36)24-22(16-30-32(24)3)18-7-9-20(10-8-18)26(35)34(21-6-5-14-33(17-21)28(37)38)25-23-19(11-13-29-25)12-15-31(23)2/h7-13,15-16,21H,4-6,14,17H2,1-3H3,(H,37,38). The molecule has 0 radical (unpaired) electrons. The number of fused-ring (bicyclic) bond motifs is 1. The molecule has 11 nitrogen and oxygen atoms in total. The van der Waals surface area contributed by atoms with Crippen molar-refractivity contribution in [1.29, 1.82) is 0 Å². The Balaban J connectivity index is 1.53. The third-order valence-electron chi connectivity index (χ3n) is 7.10. The molecule has 1 aromatic carbocycles. The van der Waals surface area contributed by atoms with E-state index in [9.17, 15) is 19.5 Å². The number of carbonyl (C=O) groups is 3. The second-order valence-electron chi connectivity index (χ2n) is 9.53. The molecule has 11 heteroatoms. The Morgan fingerprint density at radius 3 is 2.62 bits per heavy atom. The Morgan fingerprint density at radius 1 is 1.13 bits per heavy atom. The van der Waals surface area contributed by atoms with Gasteiger partial charge < -0.3 is 19.3 Å². The largest absolute Gasteiger partial charge is 0.465 e. The normalized spacial score (nSPS) is 15.4. The summed E-state index contributed by atoms with van der Waals surface area (Å²) in [6, 6.07) is 10.4. The summed E-state index contributed by atoms with van der Waals surface area (Å²) < 4.78 is 8.57. The highest BCUT2D eigenvalue weighted by atomic mass is 16.5. The van der Waals surface area contributed by atoms with Crippen molar-refractivity contribution in [3.05, 3.63) is 66.2 Å². The summed E-state index contributed by atoms with van der Waals surface area (Å²) in [5.41, 5.74) is 2.86. The van der Waals surface area contributed by atoms with Gasteiger partial charge in [-0.05, 0) is 49.6 Å². The molecule has 1 aliphatic rings. The second kappa shape index (κ2) is 10.6. The van der Waals surface area contributed by atoms with Gasteiger partial charge in [0, 0.05) is 56.1 Å². The number of pyridine rings is 1. The van der Waals surface area contributed by atoms with E-state index < -0.39 is 12.1 Å². The first kappa shape index (κ1) is 26.0. The van der Waals surface area contributed by atoms with E-state index in [1.807, 2.05) is 29.9 Å². The SMILES string of the molecule is CCOC(=O)c1c(-c2ccc(C(=O)N(c3nccc4ccn(C)c34)C3CCCN(C(=O)O)C3)cc2)cnn1C. The number of ether oxygens (including phenoxy) is 1. The molecular formula is C28H30N6O5. The number of anilines is 1. The van der Waals surface area contributed by atoms with Gasteiger partial charge >= 0.3 is 12.1 Å². The molecule has 0 spiro atoms. The van der Waals surface area contributed by atoms with Gasteiger partial charge in [0.15, 0.2) is 11.5 Å². The summed E-state index contributed by atoms with van der Waals surface area (Å²) in [6.07, 6.45) is 5.45. The number of benzene rings is 1. The number of aromatic nitrogens is 4. The summed E-state index contributed by atoms with van der Waals surface area (Å²) in [4.78, 5) is 46.0. The molecule has 2 amide bonds. The fourth-order valence-corrected chi connectivity index (χ4v) is 5.19. The van der Waals surface area contributed by atoms with Gasteiger partial charge in [-0.25, -0.2) is 14.6 Å². The molecule has 4 heterocycles. The van der Waals surface area contributed by atoms with E-state index in [2.05, 4.69) is 10.1 Å². The number of likely N-dealkylation sites (tertiary alicyclic amines) is 1. The van der Waals surface area contributed by atoms with Crippen LogP contribution in [0.3, 0.4) is 0 Å². The second-order valence-corrected chi connectivity index (χ2v) is 9.53. The number of esters is 1. The van der Waals surface area contributed by atoms with Crippen LogP contribution in [0.25, 0.3) is 22.0 Å². The van der Waals surface area contributed by atoms with Crippen molar-refractivity contribution in [3.63, 3.8) is 0 Å². The molecule has 1 saturated heterocycles. The van der Waals surface area contributed by atoms with Crippen molar-refractivity contribution < 1.29 is 24.2 Å². The number of rotatable bonds is 6. The van der Waals surface area contributed by atoms with E-state index in [0.717, 1.165) is 10.9 Å². The van der Waals surface area contributed by atoms with Crippen LogP contribution >= 0.6 is 0 Å². The predicted molar refractivity (Wildman–Crippen MR) is 145 cm³/mol. The molecule has 202 valence electrons. The molecule has 0 bridgehead atoms. The van der Waals surface area contributed by atoms with Crippen molar-refractivity contribution in [1.82, 2.24) is 24.2 Å². The zero-order chi connectivity index (χ0) is 27.7. The number of carboxylic acid groups (broad SMARTS) is 1. The molecule has 0 saturated carbocycles. The summed E-state index contributed by atoms with van der Waals surface area (Å²) >= 11 is 0. The number of hydrogen-bond donors (Lipinski definition) is 1. The zero-order valence-electron chi connectivity index (χ0n) is 22.1. The van der Waals surface area contributed by atoms with Crippen LogP contribution in [0.2, 0.25) is 0 Å². The maximum Gasteiger partial charge on any atom is 0.407 e. The van der Waals surface area contributed by atoms with E-state index in [1.165, 1.54) is 9.58 Å². The Morgan fingerprint density at radius 2 is 1.90 bits per heavy atom. The van der Waals surface area contributed by atoms with Gasteiger partial charge in [0.25, 0.3) is 5.91 Å². The first-order valence-electron chi connectivity index (χ1n) is 12.8. The highest BCUT2D eigenvalue weighted by molar-refractivity contribution is 6.10. The smallest absolute Gasteiger partial charge is 0.407 e. The van der Waals surface area contributed by atoms with Crippen LogP contribution in [0.15, 0.2) is 55.0 Å². The molecule has 1 aliphatic heterocycles. The van der Waals surface area contributed by atoms with Crippen LogP contribution in [-0.4, -0.2) is 73.0 Å². The van der Waals surface area contributed by atoms with E-state index in [4.69, 9.17) is 4.74 Å². The number of amides is 2. The first-order chi connectivity index (χ1) is 18.8. The van der Waals surface area contributed by atoms with Gasteiger partial charge in [0.05, 0.1) is 24.4 Å². The fourth-order valence-electron chi connectivity index (χ4n) is 5.19. The van der Waals surface area contributed by atoms with Gasteiger partial charge in [-0.15, -0.1) is 0 Å². The van der Waals surface area contributed by atoms with Crippen molar-refractivity contribution in [2.75, 3.05) is 24.6 Å². The van der Waals surface area contributed by atoms with Gasteiger partial charge in [0.1, 0.15) is 0 Å². The minimum atomic E-state index is -1.00. The van der Waals surface area contributed by atoms with Gasteiger partial charge in [-0.3, -0.25) is 14.4 Å². The lowest BCUT2D eigenvalue weighted by molar-refractivity contribution is 0.0514. The summed E-state index contributed by atoms with van der Waals surface area (Å²) in [5.74, 6) is -0.263. The third kappa shape index (κ3) is 4.83. The maximum atomic E-state index is 14.1. The minimum Gasteiger partial charge on any atom is -0.465 e. The van der Waals surface area contributed by atoms with E-state index in [0.29, 0.717) is 47.6 Å². The van der Waals surface area contributed by atoms with Crippen LogP contribution in [-0.2, 0) is 18.8 Å². The zero-order valence-corrected chi connectivity index (χ0v) is 22.1. The molecule has 4 aromatic rings. The van der Waals surface area contributed by atoms with Crippen LogP contribution in [0.4, 0.5) is 10.6 Å². The Hall–Kier alpha value is -4.67. The first-order valence-corrected chi connectivity index (χ1v) is 12.8. The molecule has 5 rings (SSSR count). The lowest BCUT2D eigenvalue weighted by Gasteiger charge is -2.38. The molecule has 3 aromatic heterocycles. The van der Waals surface area contributed by atoms with Gasteiger partial charge in [-0.2, -0.15) is 5.10 Å². The summed E-state index contributed by atoms with van der Waals surface area (Å²) in [5, 5.41) is 14.8. The molecule has 1 unspecified atom stereocenters. The molecule has 1 N–H and O–H groups in total. The van der Waals surface area contributed by atoms with Crippen LogP contribution < -0.4 is 4.90 Å². The van der Waals surface area contributed by atoms with Crippen molar-refractivity contribution in [3.8, 4) is 11.1 Å². The minimum absolute atomic E-state index is 0.195. The predicted octanol–water partition coefficient (Wildman–Crippen LogP) is 3.94. The van der Waals surface area contributed by atoms with Crippen molar-refractivity contribution in [2.45, 2.75) is 25.8 Å². The van der Waals surface area contributed by atoms with E-state index in [-0.39, 0.29) is 25.1 Å². The Bertz CT molecular complexity index is 1540. The molecule has 1 atom stereocenters. The number of piperidine rings is 1. The highest BCUT2D eigenvalue weighted by Gasteiger charge is 2.34. The van der Waals surface area contributed by atoms with E-state index in [1.54, 1.807) is 55.5 Å². The molecule has 1 fully saturated rings. The van der Waals surface area contributed by atoms with Crippen LogP contribution in [0.1, 0.15) is 40.6 Å². The molecule has 39 heavy (non-hydrogen) atoms. The lowest BCUT2D eigenvalue weighted by atomic mass is 10.0. The average molecular weight is 531 g/mol. The van der Waals surface area contributed by atoms with Gasteiger partial charge in [-0.1, -0.05) is 12.1 Å². The quantitative estimate of drug-likeness (QED) is 0.375. The number of carbonyl (C=O) groups excluding carboxylic acids is 2. The van der Waals surface area contributed by atoms with Crippen molar-refractivity contribution in [2.24, 2.45) is 14.1 Å². The number of aryl methyl sites for hydroxylation is 2. The Kier molecular flexibility index (Phi) is 7.05. The monoisotopic (exact) mass is 530 g/mol. The average Bonchev–Trinajstić information content (AvgIpc) is 3.52. The Labute approximate surface area is 225 Å².